The number of pyridine rings is 1. The number of nitrogens with two attached hydrogens (primary N) is 1. The molecule has 0 aliphatic carbocycles. The number of nitrogens with zero attached hydrogens (tertiary/aromatic N) is 1. The van der Waals surface area contributed by atoms with Crippen LogP contribution < -0.4 is 10.5 Å². The second-order valence-electron chi connectivity index (χ2n) is 3.80. The number of benzene rings is 1. The van der Waals surface area contributed by atoms with Gasteiger partial charge < -0.3 is 10.5 Å². The fourth-order valence-corrected chi connectivity index (χ4v) is 1.40. The topological polar surface area (TPSA) is 48.1 Å². The summed E-state index contributed by atoms with van der Waals surface area (Å²) in [6.07, 6.45) is 3.23. The molecule has 0 atom stereocenters. The standard InChI is InChI=1S/C13H14N2O/c1-9-3-4-12(5-10(9)2)16-13-6-11(14)7-15-8-13/h3-8H,14H2,1-2H3. The van der Waals surface area contributed by atoms with Crippen LogP contribution in [-0.4, -0.2) is 4.98 Å². The van der Waals surface area contributed by atoms with Gasteiger partial charge in [-0.2, -0.15) is 0 Å². The summed E-state index contributed by atoms with van der Waals surface area (Å²) >= 11 is 0. The molecule has 0 aliphatic rings. The van der Waals surface area contributed by atoms with E-state index in [2.05, 4.69) is 18.8 Å². The summed E-state index contributed by atoms with van der Waals surface area (Å²) < 4.78 is 5.65. The third-order valence-electron chi connectivity index (χ3n) is 2.45. The summed E-state index contributed by atoms with van der Waals surface area (Å²) in [6.45, 7) is 4.13. The molecule has 2 rings (SSSR count). The van der Waals surface area contributed by atoms with Crippen LogP contribution in [-0.2, 0) is 0 Å². The van der Waals surface area contributed by atoms with Crippen molar-refractivity contribution in [3.63, 3.8) is 0 Å². The molecule has 82 valence electrons. The maximum atomic E-state index is 5.65. The smallest absolute Gasteiger partial charge is 0.147 e. The molecule has 0 saturated heterocycles. The van der Waals surface area contributed by atoms with Gasteiger partial charge in [0.1, 0.15) is 11.5 Å². The molecule has 3 heteroatoms. The van der Waals surface area contributed by atoms with Crippen molar-refractivity contribution in [1.29, 1.82) is 0 Å². The van der Waals surface area contributed by atoms with Crippen molar-refractivity contribution in [1.82, 2.24) is 4.98 Å². The Kier molecular flexibility index (Phi) is 2.77. The van der Waals surface area contributed by atoms with E-state index in [0.717, 1.165) is 5.75 Å². The third-order valence-corrected chi connectivity index (χ3v) is 2.45. The lowest BCUT2D eigenvalue weighted by Crippen LogP contribution is -1.90. The van der Waals surface area contributed by atoms with E-state index in [4.69, 9.17) is 10.5 Å². The first-order chi connectivity index (χ1) is 7.65. The Bertz CT molecular complexity index is 509. The molecule has 1 aromatic carbocycles. The number of hydrogen-bond acceptors (Lipinski definition) is 3. The molecule has 2 N–H and O–H groups in total. The molecule has 0 unspecified atom stereocenters. The van der Waals surface area contributed by atoms with E-state index in [9.17, 15) is 0 Å². The highest BCUT2D eigenvalue weighted by atomic mass is 16.5. The monoisotopic (exact) mass is 214 g/mol. The van der Waals surface area contributed by atoms with E-state index < -0.39 is 0 Å². The van der Waals surface area contributed by atoms with Gasteiger partial charge in [0.05, 0.1) is 18.1 Å². The molecule has 0 spiro atoms. The second-order valence-corrected chi connectivity index (χ2v) is 3.80. The van der Waals surface area contributed by atoms with Crippen molar-refractivity contribution in [3.8, 4) is 11.5 Å². The highest BCUT2D eigenvalue weighted by Crippen LogP contribution is 2.23. The Morgan fingerprint density at radius 3 is 2.50 bits per heavy atom. The fraction of sp³-hybridized carbons (Fsp3) is 0.154. The molecule has 1 heterocycles. The zero-order chi connectivity index (χ0) is 11.5. The number of nitrogen functional groups attached to an aromatic ring is 1. The molecule has 0 amide bonds. The minimum absolute atomic E-state index is 0.598. The number of anilines is 1. The van der Waals surface area contributed by atoms with E-state index in [1.54, 1.807) is 18.5 Å². The van der Waals surface area contributed by atoms with Gasteiger partial charge in [0.2, 0.25) is 0 Å². The van der Waals surface area contributed by atoms with Crippen LogP contribution in [0.1, 0.15) is 11.1 Å². The Labute approximate surface area is 94.9 Å². The van der Waals surface area contributed by atoms with Crippen LogP contribution in [0.4, 0.5) is 5.69 Å². The first-order valence-corrected chi connectivity index (χ1v) is 5.11. The highest BCUT2D eigenvalue weighted by molar-refractivity contribution is 5.43. The van der Waals surface area contributed by atoms with Gasteiger partial charge in [0.15, 0.2) is 0 Å². The van der Waals surface area contributed by atoms with Crippen molar-refractivity contribution in [2.45, 2.75) is 13.8 Å². The molecule has 0 radical (unpaired) electrons. The molecule has 16 heavy (non-hydrogen) atoms. The van der Waals surface area contributed by atoms with Crippen LogP contribution >= 0.6 is 0 Å². The average molecular weight is 214 g/mol. The van der Waals surface area contributed by atoms with Crippen molar-refractivity contribution < 1.29 is 4.74 Å². The van der Waals surface area contributed by atoms with Crippen LogP contribution in [0.15, 0.2) is 36.7 Å². The SMILES string of the molecule is Cc1ccc(Oc2cncc(N)c2)cc1C. The van der Waals surface area contributed by atoms with Gasteiger partial charge in [-0.15, -0.1) is 0 Å². The van der Waals surface area contributed by atoms with E-state index >= 15 is 0 Å². The summed E-state index contributed by atoms with van der Waals surface area (Å²) in [6, 6.07) is 7.72. The van der Waals surface area contributed by atoms with Crippen LogP contribution in [0, 0.1) is 13.8 Å². The zero-order valence-corrected chi connectivity index (χ0v) is 9.40. The lowest BCUT2D eigenvalue weighted by atomic mass is 10.1. The summed E-state index contributed by atoms with van der Waals surface area (Å²) in [5, 5.41) is 0. The first kappa shape index (κ1) is 10.5. The molecule has 0 aliphatic heterocycles. The van der Waals surface area contributed by atoms with E-state index in [1.807, 2.05) is 18.2 Å². The molecule has 0 saturated carbocycles. The lowest BCUT2D eigenvalue weighted by Gasteiger charge is -2.07. The Balaban J connectivity index is 2.24. The molecule has 3 nitrogen and oxygen atoms in total. The van der Waals surface area contributed by atoms with Crippen LogP contribution in [0.25, 0.3) is 0 Å². The van der Waals surface area contributed by atoms with Gasteiger partial charge in [-0.05, 0) is 37.1 Å². The van der Waals surface area contributed by atoms with Crippen LogP contribution in [0.5, 0.6) is 11.5 Å². The zero-order valence-electron chi connectivity index (χ0n) is 9.40. The van der Waals surface area contributed by atoms with E-state index in [-0.39, 0.29) is 0 Å². The Morgan fingerprint density at radius 2 is 1.81 bits per heavy atom. The molecule has 2 aromatic rings. The summed E-state index contributed by atoms with van der Waals surface area (Å²) in [5.41, 5.74) is 8.67. The number of hydrogen-bond donors (Lipinski definition) is 1. The summed E-state index contributed by atoms with van der Waals surface area (Å²) in [5.74, 6) is 1.46. The minimum atomic E-state index is 0.598. The molecule has 1 aromatic heterocycles. The molecule has 0 bridgehead atoms. The van der Waals surface area contributed by atoms with E-state index in [1.165, 1.54) is 11.1 Å². The Hall–Kier alpha value is -2.03. The van der Waals surface area contributed by atoms with E-state index in [0.29, 0.717) is 11.4 Å². The van der Waals surface area contributed by atoms with Crippen LogP contribution in [0.2, 0.25) is 0 Å². The molecule has 0 fully saturated rings. The Morgan fingerprint density at radius 1 is 1.00 bits per heavy atom. The van der Waals surface area contributed by atoms with Crippen LogP contribution in [0.3, 0.4) is 0 Å². The maximum absolute atomic E-state index is 5.65. The quantitative estimate of drug-likeness (QED) is 0.835. The predicted molar refractivity (Wildman–Crippen MR) is 64.6 cm³/mol. The largest absolute Gasteiger partial charge is 0.456 e. The summed E-state index contributed by atoms with van der Waals surface area (Å²) in [4.78, 5) is 3.97. The number of ether oxygens (including phenoxy) is 1. The number of rotatable bonds is 2. The van der Waals surface area contributed by atoms with Crippen molar-refractivity contribution in [2.75, 3.05) is 5.73 Å². The fourth-order valence-electron chi connectivity index (χ4n) is 1.40. The van der Waals surface area contributed by atoms with Gasteiger partial charge >= 0.3 is 0 Å². The second kappa shape index (κ2) is 4.23. The molecular formula is C13H14N2O. The van der Waals surface area contributed by atoms with Crippen molar-refractivity contribution in [2.24, 2.45) is 0 Å². The van der Waals surface area contributed by atoms with Gasteiger partial charge in [-0.1, -0.05) is 6.07 Å². The van der Waals surface area contributed by atoms with Gasteiger partial charge in [0, 0.05) is 6.07 Å². The van der Waals surface area contributed by atoms with Gasteiger partial charge in [-0.3, -0.25) is 4.98 Å². The first-order valence-electron chi connectivity index (χ1n) is 5.11. The average Bonchev–Trinajstić information content (AvgIpc) is 2.24. The third kappa shape index (κ3) is 2.31. The maximum Gasteiger partial charge on any atom is 0.147 e. The normalized spacial score (nSPS) is 10.1. The minimum Gasteiger partial charge on any atom is -0.456 e. The van der Waals surface area contributed by atoms with Gasteiger partial charge in [0.25, 0.3) is 0 Å². The predicted octanol–water partition coefficient (Wildman–Crippen LogP) is 3.07. The summed E-state index contributed by atoms with van der Waals surface area (Å²) in [7, 11) is 0. The highest BCUT2D eigenvalue weighted by Gasteiger charge is 2.00. The van der Waals surface area contributed by atoms with Gasteiger partial charge in [-0.25, -0.2) is 0 Å². The van der Waals surface area contributed by atoms with Crippen molar-refractivity contribution in [3.05, 3.63) is 47.8 Å². The van der Waals surface area contributed by atoms with Crippen molar-refractivity contribution >= 4 is 5.69 Å². The lowest BCUT2D eigenvalue weighted by molar-refractivity contribution is 0.480. The number of aromatic nitrogens is 1. The molecular weight excluding hydrogens is 200 g/mol. The number of aryl methyl sites for hydroxylation is 2.